The third kappa shape index (κ3) is 7.12. The number of aryl methyl sites for hydroxylation is 2. The average Bonchev–Trinajstić information content (AvgIpc) is 4.09. The number of fused-ring (bicyclic) bond motifs is 8. The fourth-order valence-corrected chi connectivity index (χ4v) is 11.3. The Morgan fingerprint density at radius 3 is 1.81 bits per heavy atom. The number of thiophene rings is 2. The van der Waals surface area contributed by atoms with Crippen LogP contribution in [0.1, 0.15) is 40.1 Å². The Hall–Kier alpha value is -6.04. The van der Waals surface area contributed by atoms with Crippen molar-refractivity contribution in [3.63, 3.8) is 0 Å². The molecule has 1 saturated heterocycles. The number of likely N-dealkylation sites (tertiary alicyclic amines) is 1. The molecule has 17 heteroatoms. The topological polar surface area (TPSA) is 171 Å². The number of carboxylic acids is 1. The van der Waals surface area contributed by atoms with Gasteiger partial charge in [0.05, 0.1) is 27.7 Å². The Labute approximate surface area is 346 Å². The number of rotatable bonds is 7. The fourth-order valence-electron chi connectivity index (χ4n) is 8.73. The van der Waals surface area contributed by atoms with E-state index in [2.05, 4.69) is 70.7 Å². The Balaban J connectivity index is 0.000000147. The van der Waals surface area contributed by atoms with Crippen LogP contribution in [0.2, 0.25) is 0 Å². The monoisotopic (exact) mass is 826 g/mol. The number of hydrogen-bond donors (Lipinski definition) is 3. The summed E-state index contributed by atoms with van der Waals surface area (Å²) in [6, 6.07) is 12.4. The lowest BCUT2D eigenvalue weighted by molar-refractivity contribution is -0.142. The van der Waals surface area contributed by atoms with Gasteiger partial charge in [0, 0.05) is 71.0 Å². The lowest BCUT2D eigenvalue weighted by Crippen LogP contribution is -2.39. The largest absolute Gasteiger partial charge is 0.481 e. The Morgan fingerprint density at radius 1 is 0.746 bits per heavy atom. The molecule has 3 atom stereocenters. The van der Waals surface area contributed by atoms with Crippen molar-refractivity contribution in [2.24, 2.45) is 11.8 Å². The molecule has 2 aliphatic carbocycles. The van der Waals surface area contributed by atoms with Gasteiger partial charge in [-0.3, -0.25) is 9.59 Å². The first kappa shape index (κ1) is 37.2. The van der Waals surface area contributed by atoms with Gasteiger partial charge < -0.3 is 25.5 Å². The minimum Gasteiger partial charge on any atom is -0.481 e. The third-order valence-corrected chi connectivity index (χ3v) is 14.2. The van der Waals surface area contributed by atoms with Gasteiger partial charge in [0.25, 0.3) is 0 Å². The lowest BCUT2D eigenvalue weighted by atomic mass is 9.87. The first-order chi connectivity index (χ1) is 28.8. The summed E-state index contributed by atoms with van der Waals surface area (Å²) in [5, 5.41) is 26.8. The van der Waals surface area contributed by atoms with E-state index in [1.807, 2.05) is 47.2 Å². The number of nitrogens with zero attached hydrogens (tertiary/aromatic N) is 10. The van der Waals surface area contributed by atoms with E-state index < -0.39 is 5.97 Å². The van der Waals surface area contributed by atoms with Crippen molar-refractivity contribution in [2.45, 2.75) is 51.0 Å². The van der Waals surface area contributed by atoms with Gasteiger partial charge in [-0.15, -0.1) is 22.7 Å². The number of hydrogen-bond acceptors (Lipinski definition) is 13. The number of nitrogens with one attached hydrogen (secondary N) is 2. The third-order valence-electron chi connectivity index (χ3n) is 11.9. The molecule has 3 N–H and O–H groups in total. The fraction of sp³-hybridized carbons (Fsp3) is 0.333. The predicted octanol–water partition coefficient (Wildman–Crippen LogP) is 6.62. The molecule has 1 aliphatic heterocycles. The van der Waals surface area contributed by atoms with Crippen molar-refractivity contribution in [1.82, 2.24) is 49.0 Å². The molecule has 0 spiro atoms. The predicted molar refractivity (Wildman–Crippen MR) is 229 cm³/mol. The number of aliphatic carboxylic acids is 1. The zero-order valence-electron chi connectivity index (χ0n) is 32.6. The highest BCUT2D eigenvalue weighted by atomic mass is 32.1. The molecule has 0 saturated carbocycles. The second-order valence-electron chi connectivity index (χ2n) is 15.7. The Kier molecular flexibility index (Phi) is 9.65. The van der Waals surface area contributed by atoms with Gasteiger partial charge in [-0.2, -0.15) is 10.2 Å². The molecular weight excluding hydrogens is 785 g/mol. The number of pyridine rings is 2. The molecule has 1 amide bonds. The minimum absolute atomic E-state index is 0.0696. The molecule has 8 aromatic heterocycles. The molecule has 8 aromatic rings. The van der Waals surface area contributed by atoms with E-state index in [9.17, 15) is 14.7 Å². The summed E-state index contributed by atoms with van der Waals surface area (Å²) in [6.45, 7) is 1.72. The molecule has 15 nitrogen and oxygen atoms in total. The van der Waals surface area contributed by atoms with E-state index >= 15 is 0 Å². The SMILES string of the molecule is CN(C)[C@@H]1CCN(C(=O)[C@H]2CCc3c(sc4ncnc(Nc5ccn6nccc6c5)c34)C2)C1.O=C(O)[C@H]1CCc2c(sc3ncnc(Nc4ccn5nccc5c4)c23)C1. The normalized spacial score (nSPS) is 18.9. The van der Waals surface area contributed by atoms with Crippen molar-refractivity contribution in [1.29, 1.82) is 0 Å². The maximum atomic E-state index is 13.3. The molecule has 0 bridgehead atoms. The second-order valence-corrected chi connectivity index (χ2v) is 17.9. The van der Waals surface area contributed by atoms with Gasteiger partial charge in [-0.05, 0) is 107 Å². The molecule has 11 rings (SSSR count). The Morgan fingerprint density at radius 2 is 1.29 bits per heavy atom. The Bertz CT molecular complexity index is 2880. The van der Waals surface area contributed by atoms with Crippen molar-refractivity contribution in [3.8, 4) is 0 Å². The van der Waals surface area contributed by atoms with Gasteiger partial charge in [0.1, 0.15) is 34.0 Å². The van der Waals surface area contributed by atoms with E-state index in [1.54, 1.807) is 52.2 Å². The standard InChI is InChI=1S/C24H27N7OS.C18H15N5O2S/c1-29(2)18-7-9-30(13-18)24(32)15-3-4-19-20(11-15)33-23-21(19)22(25-14-26-23)28-16-6-10-31-17(12-16)5-8-27-31;24-18(25)10-1-2-13-14(7-10)26-17-15(13)16(19-9-20-17)22-11-4-6-23-12(8-11)3-5-21-23/h5-6,8,10,12,14-15,18H,3-4,7,9,11,13H2,1-2H3,(H,25,26,28);3-6,8-10H,1-2,7H2,(H,24,25)(H,19,20,22)/t15-,18+;10-/m00/s1. The maximum Gasteiger partial charge on any atom is 0.306 e. The van der Waals surface area contributed by atoms with Crippen LogP contribution in [0.4, 0.5) is 23.0 Å². The lowest BCUT2D eigenvalue weighted by Gasteiger charge is -2.27. The van der Waals surface area contributed by atoms with E-state index in [0.29, 0.717) is 24.8 Å². The van der Waals surface area contributed by atoms with Gasteiger partial charge >= 0.3 is 5.97 Å². The van der Waals surface area contributed by atoms with Crippen LogP contribution in [0, 0.1) is 11.8 Å². The van der Waals surface area contributed by atoms with E-state index in [1.165, 1.54) is 16.0 Å². The minimum atomic E-state index is -0.716. The summed E-state index contributed by atoms with van der Waals surface area (Å²) in [6.07, 6.45) is 16.2. The summed E-state index contributed by atoms with van der Waals surface area (Å²) in [7, 11) is 4.20. The summed E-state index contributed by atoms with van der Waals surface area (Å²) in [5.74, 6) is 0.974. The molecule has 1 fully saturated rings. The highest BCUT2D eigenvalue weighted by molar-refractivity contribution is 7.19. The second kappa shape index (κ2) is 15.3. The van der Waals surface area contributed by atoms with Crippen molar-refractivity contribution in [3.05, 3.63) is 94.7 Å². The van der Waals surface area contributed by atoms with Gasteiger partial charge in [0.15, 0.2) is 0 Å². The highest BCUT2D eigenvalue weighted by Crippen LogP contribution is 2.42. The summed E-state index contributed by atoms with van der Waals surface area (Å²) < 4.78 is 3.64. The molecule has 300 valence electrons. The first-order valence-corrected chi connectivity index (χ1v) is 21.5. The van der Waals surface area contributed by atoms with Crippen LogP contribution < -0.4 is 10.6 Å². The molecule has 0 unspecified atom stereocenters. The average molecular weight is 827 g/mol. The van der Waals surface area contributed by atoms with Crippen LogP contribution in [0.5, 0.6) is 0 Å². The zero-order valence-corrected chi connectivity index (χ0v) is 34.2. The highest BCUT2D eigenvalue weighted by Gasteiger charge is 2.35. The summed E-state index contributed by atoms with van der Waals surface area (Å²) in [5.41, 5.74) is 6.42. The van der Waals surface area contributed by atoms with Crippen LogP contribution in [0.3, 0.4) is 0 Å². The van der Waals surface area contributed by atoms with E-state index in [-0.39, 0.29) is 11.8 Å². The summed E-state index contributed by atoms with van der Waals surface area (Å²) >= 11 is 3.29. The van der Waals surface area contributed by atoms with Crippen molar-refractivity contribution >= 4 is 89.0 Å². The van der Waals surface area contributed by atoms with Crippen LogP contribution in [-0.2, 0) is 35.3 Å². The number of likely N-dealkylation sites (N-methyl/N-ethyl adjacent to an activating group) is 1. The molecular formula is C42H42N12O3S2. The molecule has 59 heavy (non-hydrogen) atoms. The number of carbonyl (C=O) groups is 2. The van der Waals surface area contributed by atoms with E-state index in [0.717, 1.165) is 105 Å². The van der Waals surface area contributed by atoms with Crippen molar-refractivity contribution < 1.29 is 14.7 Å². The number of amides is 1. The van der Waals surface area contributed by atoms with Crippen LogP contribution >= 0.6 is 22.7 Å². The van der Waals surface area contributed by atoms with Crippen LogP contribution in [-0.4, -0.2) is 99.2 Å². The van der Waals surface area contributed by atoms with Crippen molar-refractivity contribution in [2.75, 3.05) is 37.8 Å². The number of carboxylic acid groups (broad SMARTS) is 1. The number of aromatic nitrogens is 8. The number of anilines is 4. The van der Waals surface area contributed by atoms with Gasteiger partial charge in [-0.1, -0.05) is 0 Å². The van der Waals surface area contributed by atoms with Gasteiger partial charge in [0.2, 0.25) is 5.91 Å². The zero-order chi connectivity index (χ0) is 40.2. The summed E-state index contributed by atoms with van der Waals surface area (Å²) in [4.78, 5) is 51.2. The van der Waals surface area contributed by atoms with Gasteiger partial charge in [-0.25, -0.2) is 29.0 Å². The maximum absolute atomic E-state index is 13.3. The van der Waals surface area contributed by atoms with Crippen LogP contribution in [0.25, 0.3) is 31.5 Å². The first-order valence-electron chi connectivity index (χ1n) is 19.8. The molecule has 9 heterocycles. The molecule has 0 radical (unpaired) electrons. The molecule has 0 aromatic carbocycles. The number of carbonyl (C=O) groups excluding carboxylic acids is 1. The van der Waals surface area contributed by atoms with Crippen LogP contribution in [0.15, 0.2) is 73.8 Å². The molecule has 3 aliphatic rings. The smallest absolute Gasteiger partial charge is 0.306 e. The van der Waals surface area contributed by atoms with E-state index in [4.69, 9.17) is 0 Å². The quantitative estimate of drug-likeness (QED) is 0.157.